The molecule has 4 rings (SSSR count). The van der Waals surface area contributed by atoms with Gasteiger partial charge in [0.15, 0.2) is 0 Å². The molecular weight excluding hydrogens is 448 g/mol. The molecule has 0 aliphatic heterocycles. The minimum atomic E-state index is -0.827. The van der Waals surface area contributed by atoms with E-state index in [2.05, 4.69) is 55.7 Å². The standard InChI is InChI=1S/C31H34N2O3/c1-22(2)18-28(24-12-7-4-8-13-24)32-29(34)21-33-20-26(19-23-10-5-3-6-11-23)27-15-9-14-25(31(27)33)16-17-30(35)36/h3-15,20,22,28H,16-19,21H2,1-2H3,(H,32,34)(H,35,36). The molecule has 1 aromatic heterocycles. The lowest BCUT2D eigenvalue weighted by molar-refractivity contribution is -0.137. The van der Waals surface area contributed by atoms with Crippen LogP contribution in [0.4, 0.5) is 0 Å². The van der Waals surface area contributed by atoms with Crippen LogP contribution in [0.25, 0.3) is 10.9 Å². The van der Waals surface area contributed by atoms with Crippen molar-refractivity contribution in [2.45, 2.75) is 52.1 Å². The number of benzene rings is 3. The molecule has 36 heavy (non-hydrogen) atoms. The van der Waals surface area contributed by atoms with Crippen LogP contribution in [0.3, 0.4) is 0 Å². The molecular formula is C31H34N2O3. The molecule has 1 atom stereocenters. The maximum atomic E-state index is 13.3. The van der Waals surface area contributed by atoms with Crippen LogP contribution in [0.1, 0.15) is 55.0 Å². The second kappa shape index (κ2) is 11.7. The summed E-state index contributed by atoms with van der Waals surface area (Å²) in [5.41, 5.74) is 5.31. The molecule has 0 spiro atoms. The minimum Gasteiger partial charge on any atom is -0.481 e. The monoisotopic (exact) mass is 482 g/mol. The number of nitrogens with one attached hydrogen (secondary N) is 1. The molecule has 5 nitrogen and oxygen atoms in total. The Bertz CT molecular complexity index is 1310. The quantitative estimate of drug-likeness (QED) is 0.269. The summed E-state index contributed by atoms with van der Waals surface area (Å²) in [5, 5.41) is 13.6. The zero-order valence-electron chi connectivity index (χ0n) is 21.0. The molecule has 0 aliphatic carbocycles. The molecule has 0 saturated heterocycles. The van der Waals surface area contributed by atoms with Crippen LogP contribution in [0.15, 0.2) is 85.1 Å². The summed E-state index contributed by atoms with van der Waals surface area (Å²) in [6.07, 6.45) is 4.12. The average molecular weight is 483 g/mol. The van der Waals surface area contributed by atoms with Gasteiger partial charge in [0.1, 0.15) is 6.54 Å². The summed E-state index contributed by atoms with van der Waals surface area (Å²) < 4.78 is 2.00. The van der Waals surface area contributed by atoms with Gasteiger partial charge in [0.25, 0.3) is 0 Å². The summed E-state index contributed by atoms with van der Waals surface area (Å²) in [6, 6.07) is 26.3. The van der Waals surface area contributed by atoms with E-state index in [1.165, 1.54) is 5.56 Å². The van der Waals surface area contributed by atoms with Crippen molar-refractivity contribution in [1.29, 1.82) is 0 Å². The lowest BCUT2D eigenvalue weighted by atomic mass is 9.97. The topological polar surface area (TPSA) is 71.3 Å². The molecule has 5 heteroatoms. The fraction of sp³-hybridized carbons (Fsp3) is 0.290. The van der Waals surface area contributed by atoms with Gasteiger partial charge in [0.05, 0.1) is 11.6 Å². The number of hydrogen-bond donors (Lipinski definition) is 2. The number of carboxylic acids is 1. The van der Waals surface area contributed by atoms with E-state index in [1.807, 2.05) is 53.1 Å². The van der Waals surface area contributed by atoms with Gasteiger partial charge in [-0.1, -0.05) is 92.7 Å². The number of carbonyl (C=O) groups excluding carboxylic acids is 1. The van der Waals surface area contributed by atoms with Gasteiger partial charge < -0.3 is 15.0 Å². The molecule has 0 saturated carbocycles. The number of aliphatic carboxylic acids is 1. The number of amides is 1. The Morgan fingerprint density at radius 1 is 0.889 bits per heavy atom. The number of aryl methyl sites for hydroxylation is 1. The van der Waals surface area contributed by atoms with Gasteiger partial charge >= 0.3 is 5.97 Å². The zero-order chi connectivity index (χ0) is 25.5. The van der Waals surface area contributed by atoms with Gasteiger partial charge in [0, 0.05) is 18.0 Å². The van der Waals surface area contributed by atoms with Crippen molar-refractivity contribution in [2.75, 3.05) is 0 Å². The first-order valence-electron chi connectivity index (χ1n) is 12.6. The lowest BCUT2D eigenvalue weighted by Gasteiger charge is -2.21. The summed E-state index contributed by atoms with van der Waals surface area (Å²) >= 11 is 0. The smallest absolute Gasteiger partial charge is 0.303 e. The van der Waals surface area contributed by atoms with Gasteiger partial charge in [-0.15, -0.1) is 0 Å². The average Bonchev–Trinajstić information content (AvgIpc) is 3.20. The molecule has 4 aromatic rings. The van der Waals surface area contributed by atoms with Crippen molar-refractivity contribution >= 4 is 22.8 Å². The van der Waals surface area contributed by atoms with E-state index in [-0.39, 0.29) is 24.9 Å². The Morgan fingerprint density at radius 3 is 2.25 bits per heavy atom. The number of carbonyl (C=O) groups is 2. The van der Waals surface area contributed by atoms with Crippen molar-refractivity contribution in [2.24, 2.45) is 5.92 Å². The molecule has 1 heterocycles. The molecule has 1 unspecified atom stereocenters. The Balaban J connectivity index is 1.65. The van der Waals surface area contributed by atoms with E-state index in [9.17, 15) is 14.7 Å². The predicted octanol–water partition coefficient (Wildman–Crippen LogP) is 6.15. The van der Waals surface area contributed by atoms with Crippen LogP contribution in [-0.2, 0) is 29.0 Å². The molecule has 0 radical (unpaired) electrons. The third-order valence-corrected chi connectivity index (χ3v) is 6.47. The number of fused-ring (bicyclic) bond motifs is 1. The Kier molecular flexibility index (Phi) is 8.21. The highest BCUT2D eigenvalue weighted by Gasteiger charge is 2.19. The minimum absolute atomic E-state index is 0.0506. The van der Waals surface area contributed by atoms with E-state index in [0.717, 1.165) is 40.4 Å². The van der Waals surface area contributed by atoms with Gasteiger partial charge in [0.2, 0.25) is 5.91 Å². The van der Waals surface area contributed by atoms with Crippen LogP contribution >= 0.6 is 0 Å². The predicted molar refractivity (Wildman–Crippen MR) is 144 cm³/mol. The number of rotatable bonds is 11. The summed E-state index contributed by atoms with van der Waals surface area (Å²) in [6.45, 7) is 4.50. The van der Waals surface area contributed by atoms with E-state index < -0.39 is 5.97 Å². The van der Waals surface area contributed by atoms with E-state index in [1.54, 1.807) is 0 Å². The van der Waals surface area contributed by atoms with Crippen molar-refractivity contribution < 1.29 is 14.7 Å². The highest BCUT2D eigenvalue weighted by molar-refractivity contribution is 5.89. The molecule has 0 bridgehead atoms. The maximum absolute atomic E-state index is 13.3. The van der Waals surface area contributed by atoms with Gasteiger partial charge in [-0.25, -0.2) is 0 Å². The van der Waals surface area contributed by atoms with E-state index in [0.29, 0.717) is 12.3 Å². The third kappa shape index (κ3) is 6.42. The van der Waals surface area contributed by atoms with Crippen molar-refractivity contribution in [3.63, 3.8) is 0 Å². The highest BCUT2D eigenvalue weighted by Crippen LogP contribution is 2.28. The maximum Gasteiger partial charge on any atom is 0.303 e. The Morgan fingerprint density at radius 2 is 1.58 bits per heavy atom. The fourth-order valence-corrected chi connectivity index (χ4v) is 4.87. The largest absolute Gasteiger partial charge is 0.481 e. The molecule has 3 aromatic carbocycles. The van der Waals surface area contributed by atoms with E-state index in [4.69, 9.17) is 0 Å². The van der Waals surface area contributed by atoms with Crippen LogP contribution in [0.2, 0.25) is 0 Å². The van der Waals surface area contributed by atoms with Gasteiger partial charge in [-0.3, -0.25) is 9.59 Å². The first-order valence-corrected chi connectivity index (χ1v) is 12.6. The Labute approximate surface area is 212 Å². The highest BCUT2D eigenvalue weighted by atomic mass is 16.4. The molecule has 2 N–H and O–H groups in total. The molecule has 186 valence electrons. The van der Waals surface area contributed by atoms with Gasteiger partial charge in [-0.2, -0.15) is 0 Å². The molecule has 0 fully saturated rings. The third-order valence-electron chi connectivity index (χ3n) is 6.47. The number of hydrogen-bond acceptors (Lipinski definition) is 2. The summed E-state index contributed by atoms with van der Waals surface area (Å²) in [7, 11) is 0. The first kappa shape index (κ1) is 25.2. The van der Waals surface area contributed by atoms with Crippen molar-refractivity contribution in [3.8, 4) is 0 Å². The second-order valence-electron chi connectivity index (χ2n) is 9.81. The number of aromatic nitrogens is 1. The van der Waals surface area contributed by atoms with Crippen LogP contribution < -0.4 is 5.32 Å². The summed E-state index contributed by atoms with van der Waals surface area (Å²) in [4.78, 5) is 24.6. The van der Waals surface area contributed by atoms with Crippen molar-refractivity contribution in [1.82, 2.24) is 9.88 Å². The SMILES string of the molecule is CC(C)CC(NC(=O)Cn1cc(Cc2ccccc2)c2cccc(CCC(=O)O)c21)c1ccccc1. The van der Waals surface area contributed by atoms with Crippen LogP contribution in [0.5, 0.6) is 0 Å². The normalized spacial score (nSPS) is 12.1. The summed E-state index contributed by atoms with van der Waals surface area (Å²) in [5.74, 6) is -0.449. The lowest BCUT2D eigenvalue weighted by Crippen LogP contribution is -2.32. The first-order chi connectivity index (χ1) is 17.4. The van der Waals surface area contributed by atoms with Crippen LogP contribution in [0, 0.1) is 5.92 Å². The molecule has 0 aliphatic rings. The number of nitrogens with zero attached hydrogens (tertiary/aromatic N) is 1. The zero-order valence-corrected chi connectivity index (χ0v) is 21.0. The van der Waals surface area contributed by atoms with E-state index >= 15 is 0 Å². The number of para-hydroxylation sites is 1. The fourth-order valence-electron chi connectivity index (χ4n) is 4.87. The van der Waals surface area contributed by atoms with Crippen LogP contribution in [-0.4, -0.2) is 21.6 Å². The van der Waals surface area contributed by atoms with Gasteiger partial charge in [-0.05, 0) is 47.4 Å². The molecule has 1 amide bonds. The number of carboxylic acid groups (broad SMARTS) is 1. The second-order valence-corrected chi connectivity index (χ2v) is 9.81. The van der Waals surface area contributed by atoms with Crippen molar-refractivity contribution in [3.05, 3.63) is 107 Å². The Hall–Kier alpha value is -3.86.